The van der Waals surface area contributed by atoms with Crippen LogP contribution in [0.15, 0.2) is 24.3 Å². The number of amides is 4. The average Bonchev–Trinajstić information content (AvgIpc) is 2.85. The molecule has 1 aliphatic heterocycles. The molecule has 0 unspecified atom stereocenters. The lowest BCUT2D eigenvalue weighted by molar-refractivity contribution is -0.155. The Kier molecular flexibility index (Phi) is 7.01. The molecule has 1 saturated heterocycles. The number of carbonyl (C=O) groups is 4. The molecule has 0 aromatic heterocycles. The number of hydrogen-bond donors (Lipinski definition) is 2. The van der Waals surface area contributed by atoms with Crippen molar-refractivity contribution in [3.05, 3.63) is 29.3 Å². The van der Waals surface area contributed by atoms with Crippen LogP contribution in [0.25, 0.3) is 0 Å². The van der Waals surface area contributed by atoms with E-state index in [0.29, 0.717) is 17.1 Å². The first-order chi connectivity index (χ1) is 13.2. The molecule has 0 saturated carbocycles. The number of hydrogen-bond acceptors (Lipinski definition) is 5. The molecule has 2 atom stereocenters. The number of unbranched alkanes of at least 4 members (excludes halogenated alkanes) is 1. The molecule has 9 heteroatoms. The van der Waals surface area contributed by atoms with Crippen molar-refractivity contribution < 1.29 is 23.9 Å². The van der Waals surface area contributed by atoms with Crippen LogP contribution in [-0.2, 0) is 19.1 Å². The molecule has 0 spiro atoms. The fourth-order valence-corrected chi connectivity index (χ4v) is 2.99. The van der Waals surface area contributed by atoms with Crippen LogP contribution in [0.4, 0.5) is 10.5 Å². The summed E-state index contributed by atoms with van der Waals surface area (Å²) in [6.45, 7) is 4.44. The number of halogens is 1. The van der Waals surface area contributed by atoms with Crippen LogP contribution in [0.2, 0.25) is 5.02 Å². The molecule has 0 aliphatic carbocycles. The molecular formula is C19H24ClN3O5. The Morgan fingerprint density at radius 2 is 2.00 bits per heavy atom. The van der Waals surface area contributed by atoms with Gasteiger partial charge in [-0.1, -0.05) is 43.5 Å². The Labute approximate surface area is 168 Å². The van der Waals surface area contributed by atoms with Gasteiger partial charge in [0.05, 0.1) is 10.7 Å². The number of imide groups is 1. The second kappa shape index (κ2) is 9.05. The lowest BCUT2D eigenvalue weighted by Gasteiger charge is -2.21. The Morgan fingerprint density at radius 1 is 1.32 bits per heavy atom. The van der Waals surface area contributed by atoms with Crippen LogP contribution in [0.1, 0.15) is 40.0 Å². The molecule has 8 nitrogen and oxygen atoms in total. The number of rotatable bonds is 8. The number of anilines is 1. The highest BCUT2D eigenvalue weighted by atomic mass is 35.5. The topological polar surface area (TPSA) is 105 Å². The summed E-state index contributed by atoms with van der Waals surface area (Å²) in [5.74, 6) is -1.91. The predicted molar refractivity (Wildman–Crippen MR) is 104 cm³/mol. The molecule has 0 radical (unpaired) electrons. The van der Waals surface area contributed by atoms with Gasteiger partial charge in [0.1, 0.15) is 12.1 Å². The summed E-state index contributed by atoms with van der Waals surface area (Å²) in [7, 11) is 0. The summed E-state index contributed by atoms with van der Waals surface area (Å²) in [6, 6.07) is 5.99. The van der Waals surface area contributed by atoms with Gasteiger partial charge in [0.25, 0.3) is 11.8 Å². The number of carbonyl (C=O) groups excluding carboxylic acids is 4. The monoisotopic (exact) mass is 409 g/mol. The van der Waals surface area contributed by atoms with Gasteiger partial charge >= 0.3 is 12.0 Å². The Bertz CT molecular complexity index is 785. The molecule has 1 fully saturated rings. The second-order valence-electron chi connectivity index (χ2n) is 6.86. The quantitative estimate of drug-likeness (QED) is 0.507. The first-order valence-electron chi connectivity index (χ1n) is 9.07. The van der Waals surface area contributed by atoms with E-state index in [1.54, 1.807) is 31.2 Å². The Morgan fingerprint density at radius 3 is 2.64 bits per heavy atom. The van der Waals surface area contributed by atoms with E-state index in [2.05, 4.69) is 10.6 Å². The Hall–Kier alpha value is -2.61. The molecule has 2 N–H and O–H groups in total. The highest BCUT2D eigenvalue weighted by Crippen LogP contribution is 2.24. The lowest BCUT2D eigenvalue weighted by Crippen LogP contribution is -2.44. The minimum absolute atomic E-state index is 0.347. The van der Waals surface area contributed by atoms with E-state index in [0.717, 1.165) is 17.7 Å². The normalized spacial score (nSPS) is 19.9. The maximum absolute atomic E-state index is 12.5. The summed E-state index contributed by atoms with van der Waals surface area (Å²) in [6.07, 6.45) is 0.992. The van der Waals surface area contributed by atoms with Gasteiger partial charge in [-0.15, -0.1) is 0 Å². The summed E-state index contributed by atoms with van der Waals surface area (Å²) in [5.41, 5.74) is -0.640. The van der Waals surface area contributed by atoms with Crippen molar-refractivity contribution in [1.82, 2.24) is 10.2 Å². The highest BCUT2D eigenvalue weighted by Gasteiger charge is 2.48. The SMILES string of the molecule is CCCC[C@]1(C)NC(=O)N(CC(=O)O[C@H](C)C(=O)Nc2ccccc2Cl)C1=O. The lowest BCUT2D eigenvalue weighted by atomic mass is 9.95. The van der Waals surface area contributed by atoms with E-state index in [1.807, 2.05) is 6.92 Å². The molecule has 1 heterocycles. The van der Waals surface area contributed by atoms with Gasteiger partial charge in [-0.3, -0.25) is 19.3 Å². The second-order valence-corrected chi connectivity index (χ2v) is 7.27. The van der Waals surface area contributed by atoms with Gasteiger partial charge in [0.15, 0.2) is 6.10 Å². The van der Waals surface area contributed by atoms with Crippen LogP contribution >= 0.6 is 11.6 Å². The summed E-state index contributed by atoms with van der Waals surface area (Å²) < 4.78 is 5.06. The van der Waals surface area contributed by atoms with Crippen molar-refractivity contribution in [2.45, 2.75) is 51.7 Å². The zero-order valence-corrected chi connectivity index (χ0v) is 16.8. The molecule has 2 rings (SSSR count). The largest absolute Gasteiger partial charge is 0.451 e. The maximum atomic E-state index is 12.5. The van der Waals surface area contributed by atoms with Crippen molar-refractivity contribution >= 4 is 41.1 Å². The van der Waals surface area contributed by atoms with E-state index in [4.69, 9.17) is 16.3 Å². The van der Waals surface area contributed by atoms with E-state index in [1.165, 1.54) is 6.92 Å². The van der Waals surface area contributed by atoms with Crippen LogP contribution in [0.3, 0.4) is 0 Å². The van der Waals surface area contributed by atoms with Gasteiger partial charge in [-0.25, -0.2) is 4.79 Å². The maximum Gasteiger partial charge on any atom is 0.327 e. The average molecular weight is 410 g/mol. The van der Waals surface area contributed by atoms with Crippen molar-refractivity contribution in [3.63, 3.8) is 0 Å². The number of nitrogens with zero attached hydrogens (tertiary/aromatic N) is 1. The van der Waals surface area contributed by atoms with Crippen molar-refractivity contribution in [1.29, 1.82) is 0 Å². The van der Waals surface area contributed by atoms with Crippen molar-refractivity contribution in [3.8, 4) is 0 Å². The summed E-state index contributed by atoms with van der Waals surface area (Å²) >= 11 is 5.98. The van der Waals surface area contributed by atoms with E-state index >= 15 is 0 Å². The number of urea groups is 1. The fourth-order valence-electron chi connectivity index (χ4n) is 2.80. The molecule has 1 aromatic carbocycles. The zero-order chi connectivity index (χ0) is 20.9. The molecule has 1 aliphatic rings. The van der Waals surface area contributed by atoms with E-state index in [9.17, 15) is 19.2 Å². The first-order valence-corrected chi connectivity index (χ1v) is 9.44. The fraction of sp³-hybridized carbons (Fsp3) is 0.474. The van der Waals surface area contributed by atoms with Crippen molar-refractivity contribution in [2.75, 3.05) is 11.9 Å². The predicted octanol–water partition coefficient (Wildman–Crippen LogP) is 2.71. The minimum Gasteiger partial charge on any atom is -0.451 e. The molecule has 152 valence electrons. The van der Waals surface area contributed by atoms with Crippen molar-refractivity contribution in [2.24, 2.45) is 0 Å². The van der Waals surface area contributed by atoms with Gasteiger partial charge in [-0.2, -0.15) is 0 Å². The first kappa shape index (κ1) is 21.7. The highest BCUT2D eigenvalue weighted by molar-refractivity contribution is 6.33. The summed E-state index contributed by atoms with van der Waals surface area (Å²) in [4.78, 5) is 49.8. The molecule has 4 amide bonds. The molecule has 28 heavy (non-hydrogen) atoms. The number of esters is 1. The number of ether oxygens (including phenoxy) is 1. The molecule has 1 aromatic rings. The number of para-hydroxylation sites is 1. The van der Waals surface area contributed by atoms with Gasteiger partial charge in [0, 0.05) is 0 Å². The summed E-state index contributed by atoms with van der Waals surface area (Å²) in [5, 5.41) is 5.52. The van der Waals surface area contributed by atoms with Crippen LogP contribution in [-0.4, -0.2) is 46.9 Å². The van der Waals surface area contributed by atoms with Crippen LogP contribution in [0, 0.1) is 0 Å². The van der Waals surface area contributed by atoms with E-state index < -0.39 is 42.0 Å². The number of benzene rings is 1. The third-order valence-electron chi connectivity index (χ3n) is 4.47. The van der Waals surface area contributed by atoms with E-state index in [-0.39, 0.29) is 0 Å². The number of nitrogens with one attached hydrogen (secondary N) is 2. The van der Waals surface area contributed by atoms with Gasteiger partial charge < -0.3 is 15.4 Å². The third-order valence-corrected chi connectivity index (χ3v) is 4.80. The van der Waals surface area contributed by atoms with Crippen LogP contribution < -0.4 is 10.6 Å². The molecule has 0 bridgehead atoms. The smallest absolute Gasteiger partial charge is 0.327 e. The standard InChI is InChI=1S/C19H24ClN3O5/c1-4-5-10-19(3)17(26)23(18(27)22-19)11-15(24)28-12(2)16(25)21-14-9-7-6-8-13(14)20/h6-9,12H,4-5,10-11H2,1-3H3,(H,21,25)(H,22,27)/t12-,19+/m1/s1. The minimum atomic E-state index is -1.13. The van der Waals surface area contributed by atoms with Gasteiger partial charge in [0.2, 0.25) is 0 Å². The Balaban J connectivity index is 1.92. The zero-order valence-electron chi connectivity index (χ0n) is 16.1. The molecular weight excluding hydrogens is 386 g/mol. The van der Waals surface area contributed by atoms with Gasteiger partial charge in [-0.05, 0) is 32.4 Å². The third kappa shape index (κ3) is 5.01. The van der Waals surface area contributed by atoms with Crippen LogP contribution in [0.5, 0.6) is 0 Å².